The van der Waals surface area contributed by atoms with Gasteiger partial charge in [-0.1, -0.05) is 0 Å². The van der Waals surface area contributed by atoms with E-state index in [9.17, 15) is 19.2 Å². The molecular weight excluding hydrogens is 494 g/mol. The highest BCUT2D eigenvalue weighted by atomic mass is 16.6. The van der Waals surface area contributed by atoms with Gasteiger partial charge in [0.05, 0.1) is 26.4 Å². The van der Waals surface area contributed by atoms with Crippen LogP contribution in [0.3, 0.4) is 0 Å². The lowest BCUT2D eigenvalue weighted by Gasteiger charge is -2.26. The Labute approximate surface area is 216 Å². The van der Waals surface area contributed by atoms with E-state index >= 15 is 0 Å². The first kappa shape index (κ1) is 32.0. The first-order chi connectivity index (χ1) is 17.6. The molecule has 1 aromatic rings. The standard InChI is InChI=1S/C24H37NO12/c1-24(2,3)25-18(22(28)36-14-10-32-6)16(20(26)34-12-8-30-4)17(21(27)35-13-9-31-5)19(25)23(29)37-15-11-33-7/h8-15H2,1-7H3. The van der Waals surface area contributed by atoms with Crippen LogP contribution in [0.2, 0.25) is 0 Å². The van der Waals surface area contributed by atoms with Crippen LogP contribution in [0.25, 0.3) is 0 Å². The maximum Gasteiger partial charge on any atom is 0.356 e. The van der Waals surface area contributed by atoms with Crippen molar-refractivity contribution in [1.29, 1.82) is 0 Å². The number of aromatic nitrogens is 1. The predicted octanol–water partition coefficient (Wildman–Crippen LogP) is 1.46. The number of hydrogen-bond acceptors (Lipinski definition) is 12. The van der Waals surface area contributed by atoms with Crippen molar-refractivity contribution in [1.82, 2.24) is 4.57 Å². The average molecular weight is 532 g/mol. The van der Waals surface area contributed by atoms with Crippen molar-refractivity contribution in [3.63, 3.8) is 0 Å². The van der Waals surface area contributed by atoms with Gasteiger partial charge in [-0.15, -0.1) is 0 Å². The Hall–Kier alpha value is -3.00. The van der Waals surface area contributed by atoms with Gasteiger partial charge in [0, 0.05) is 34.0 Å². The zero-order valence-electron chi connectivity index (χ0n) is 22.5. The summed E-state index contributed by atoms with van der Waals surface area (Å²) in [5, 5.41) is 0. The molecule has 0 fully saturated rings. The van der Waals surface area contributed by atoms with Crippen molar-refractivity contribution >= 4 is 23.9 Å². The van der Waals surface area contributed by atoms with Crippen molar-refractivity contribution in [3.05, 3.63) is 22.5 Å². The molecule has 0 N–H and O–H groups in total. The monoisotopic (exact) mass is 531 g/mol. The Morgan fingerprint density at radius 2 is 0.784 bits per heavy atom. The van der Waals surface area contributed by atoms with E-state index in [-0.39, 0.29) is 64.2 Å². The molecule has 0 saturated heterocycles. The van der Waals surface area contributed by atoms with Crippen LogP contribution in [-0.2, 0) is 43.4 Å². The van der Waals surface area contributed by atoms with Crippen LogP contribution < -0.4 is 0 Å². The third-order valence-corrected chi connectivity index (χ3v) is 4.72. The van der Waals surface area contributed by atoms with E-state index in [4.69, 9.17) is 37.9 Å². The topological polar surface area (TPSA) is 147 Å². The summed E-state index contributed by atoms with van der Waals surface area (Å²) in [6.07, 6.45) is 0. The number of methoxy groups -OCH3 is 4. The minimum Gasteiger partial charge on any atom is -0.460 e. The molecule has 0 aliphatic heterocycles. The van der Waals surface area contributed by atoms with Crippen molar-refractivity contribution in [2.45, 2.75) is 26.3 Å². The fourth-order valence-corrected chi connectivity index (χ4v) is 3.18. The van der Waals surface area contributed by atoms with Crippen molar-refractivity contribution in [3.8, 4) is 0 Å². The van der Waals surface area contributed by atoms with Gasteiger partial charge < -0.3 is 42.5 Å². The van der Waals surface area contributed by atoms with E-state index in [1.165, 1.54) is 33.0 Å². The lowest BCUT2D eigenvalue weighted by molar-refractivity contribution is 0.0320. The highest BCUT2D eigenvalue weighted by Gasteiger charge is 2.42. The number of nitrogens with zero attached hydrogens (tertiary/aromatic N) is 1. The number of carbonyl (C=O) groups excluding carboxylic acids is 4. The number of hydrogen-bond donors (Lipinski definition) is 0. The molecule has 0 aliphatic carbocycles. The van der Waals surface area contributed by atoms with E-state index < -0.39 is 40.5 Å². The lowest BCUT2D eigenvalue weighted by Crippen LogP contribution is -2.32. The minimum absolute atomic E-state index is 0.0544. The third kappa shape index (κ3) is 9.11. The maximum absolute atomic E-state index is 13.3. The average Bonchev–Trinajstić information content (AvgIpc) is 3.21. The van der Waals surface area contributed by atoms with E-state index in [0.717, 1.165) is 0 Å². The molecule has 0 atom stereocenters. The summed E-state index contributed by atoms with van der Waals surface area (Å²) in [7, 11) is 5.67. The summed E-state index contributed by atoms with van der Waals surface area (Å²) >= 11 is 0. The van der Waals surface area contributed by atoms with Gasteiger partial charge in [0.15, 0.2) is 0 Å². The van der Waals surface area contributed by atoms with Gasteiger partial charge in [-0.2, -0.15) is 0 Å². The van der Waals surface area contributed by atoms with E-state index in [1.807, 2.05) is 0 Å². The largest absolute Gasteiger partial charge is 0.460 e. The molecule has 210 valence electrons. The Kier molecular flexibility index (Phi) is 13.8. The molecule has 0 aliphatic rings. The summed E-state index contributed by atoms with van der Waals surface area (Å²) in [5.74, 6) is -4.06. The molecule has 0 spiro atoms. The quantitative estimate of drug-likeness (QED) is 0.173. The Morgan fingerprint density at radius 3 is 1.03 bits per heavy atom. The first-order valence-electron chi connectivity index (χ1n) is 11.5. The highest BCUT2D eigenvalue weighted by molar-refractivity contribution is 6.15. The van der Waals surface area contributed by atoms with E-state index in [2.05, 4.69) is 0 Å². The fraction of sp³-hybridized carbons (Fsp3) is 0.667. The van der Waals surface area contributed by atoms with Gasteiger partial charge in [0.2, 0.25) is 0 Å². The smallest absolute Gasteiger partial charge is 0.356 e. The van der Waals surface area contributed by atoms with Crippen LogP contribution in [0.5, 0.6) is 0 Å². The molecule has 13 nitrogen and oxygen atoms in total. The molecule has 0 saturated carbocycles. The molecular formula is C24H37NO12. The van der Waals surface area contributed by atoms with Gasteiger partial charge in [-0.3, -0.25) is 0 Å². The van der Waals surface area contributed by atoms with Crippen LogP contribution in [-0.4, -0.2) is 110 Å². The summed E-state index contributed by atoms with van der Waals surface area (Å²) in [5.41, 5.74) is -2.74. The molecule has 1 rings (SSSR count). The molecule has 0 aromatic carbocycles. The second-order valence-electron chi connectivity index (χ2n) is 8.47. The van der Waals surface area contributed by atoms with Gasteiger partial charge >= 0.3 is 23.9 Å². The summed E-state index contributed by atoms with van der Waals surface area (Å²) in [6.45, 7) is 4.62. The molecule has 0 amide bonds. The Morgan fingerprint density at radius 1 is 0.514 bits per heavy atom. The fourth-order valence-electron chi connectivity index (χ4n) is 3.18. The van der Waals surface area contributed by atoms with Gasteiger partial charge in [0.25, 0.3) is 0 Å². The SMILES string of the molecule is COCCOC(=O)c1c(C(=O)OCCOC)c(C(=O)OCCOC)n(C(C)(C)C)c1C(=O)OCCOC. The van der Waals surface area contributed by atoms with Crippen LogP contribution >= 0.6 is 0 Å². The van der Waals surface area contributed by atoms with Crippen molar-refractivity contribution in [2.75, 3.05) is 81.3 Å². The minimum atomic E-state index is -1.05. The number of rotatable bonds is 16. The summed E-state index contributed by atoms with van der Waals surface area (Å²) < 4.78 is 41.9. The van der Waals surface area contributed by atoms with Crippen molar-refractivity contribution < 1.29 is 57.1 Å². The normalized spacial score (nSPS) is 11.2. The molecule has 0 unspecified atom stereocenters. The molecule has 13 heteroatoms. The van der Waals surface area contributed by atoms with Gasteiger partial charge in [0.1, 0.15) is 48.9 Å². The second kappa shape index (κ2) is 16.0. The number of carbonyl (C=O) groups is 4. The predicted molar refractivity (Wildman–Crippen MR) is 128 cm³/mol. The molecule has 1 heterocycles. The zero-order chi connectivity index (χ0) is 28.0. The molecule has 0 bridgehead atoms. The third-order valence-electron chi connectivity index (χ3n) is 4.72. The zero-order valence-corrected chi connectivity index (χ0v) is 22.5. The van der Waals surface area contributed by atoms with E-state index in [0.29, 0.717) is 0 Å². The van der Waals surface area contributed by atoms with Crippen LogP contribution in [0, 0.1) is 0 Å². The highest BCUT2D eigenvalue weighted by Crippen LogP contribution is 2.33. The Balaban J connectivity index is 3.92. The van der Waals surface area contributed by atoms with Gasteiger partial charge in [-0.05, 0) is 20.8 Å². The Bertz CT molecular complexity index is 850. The van der Waals surface area contributed by atoms with E-state index in [1.54, 1.807) is 20.8 Å². The second-order valence-corrected chi connectivity index (χ2v) is 8.47. The molecule has 37 heavy (non-hydrogen) atoms. The maximum atomic E-state index is 13.3. The van der Waals surface area contributed by atoms with Crippen LogP contribution in [0.15, 0.2) is 0 Å². The lowest BCUT2D eigenvalue weighted by atomic mass is 10.1. The van der Waals surface area contributed by atoms with Crippen molar-refractivity contribution in [2.24, 2.45) is 0 Å². The first-order valence-corrected chi connectivity index (χ1v) is 11.5. The molecule has 0 radical (unpaired) electrons. The molecule has 1 aromatic heterocycles. The van der Waals surface area contributed by atoms with Gasteiger partial charge in [-0.25, -0.2) is 19.2 Å². The number of ether oxygens (including phenoxy) is 8. The van der Waals surface area contributed by atoms with Crippen LogP contribution in [0.1, 0.15) is 62.5 Å². The summed E-state index contributed by atoms with van der Waals surface area (Å²) in [4.78, 5) is 53.2. The summed E-state index contributed by atoms with van der Waals surface area (Å²) in [6, 6.07) is 0. The van der Waals surface area contributed by atoms with Crippen LogP contribution in [0.4, 0.5) is 0 Å². The number of esters is 4.